The first-order valence-corrected chi connectivity index (χ1v) is 19.4. The lowest BCUT2D eigenvalue weighted by atomic mass is 9.91. The standard InChI is InChI=1S/C54H40N2/c1-37-15-11-21-41(35-37)55(51-29-13-19-39-17-3-5-23-43(39)51)53-33-31-47(45-25-7-9-27-49(45)53)48-32-34-54(50-28-10-8-26-46(48)50)56(42-22-12-16-38(2)36-42)52-30-14-20-40-18-4-6-24-44(40)52/h3-36H,1-2H3. The Morgan fingerprint density at radius 3 is 1.04 bits per heavy atom. The molecule has 10 aromatic rings. The Balaban J connectivity index is 1.19. The van der Waals surface area contributed by atoms with Gasteiger partial charge in [0.05, 0.1) is 22.7 Å². The first kappa shape index (κ1) is 33.4. The number of hydrogen-bond acceptors (Lipinski definition) is 2. The van der Waals surface area contributed by atoms with E-state index in [0.29, 0.717) is 0 Å². The van der Waals surface area contributed by atoms with Crippen LogP contribution in [0.4, 0.5) is 34.1 Å². The predicted molar refractivity (Wildman–Crippen MR) is 241 cm³/mol. The SMILES string of the molecule is Cc1cccc(N(c2cccc3ccccc23)c2ccc(-c3ccc(N(c4cccc(C)c4)c4cccc5ccccc45)c4ccccc34)c3ccccc23)c1. The number of rotatable bonds is 7. The van der Waals surface area contributed by atoms with Gasteiger partial charge in [-0.25, -0.2) is 0 Å². The molecule has 10 rings (SSSR count). The van der Waals surface area contributed by atoms with Crippen LogP contribution in [-0.2, 0) is 0 Å². The molecule has 0 heterocycles. The van der Waals surface area contributed by atoms with Crippen LogP contribution in [0.25, 0.3) is 54.2 Å². The average molecular weight is 717 g/mol. The van der Waals surface area contributed by atoms with Gasteiger partial charge >= 0.3 is 0 Å². The molecule has 2 nitrogen and oxygen atoms in total. The molecule has 0 spiro atoms. The Morgan fingerprint density at radius 1 is 0.268 bits per heavy atom. The van der Waals surface area contributed by atoms with Crippen molar-refractivity contribution in [3.8, 4) is 11.1 Å². The maximum absolute atomic E-state index is 2.44. The smallest absolute Gasteiger partial charge is 0.0540 e. The van der Waals surface area contributed by atoms with Gasteiger partial charge in [0.1, 0.15) is 0 Å². The predicted octanol–water partition coefficient (Wildman–Crippen LogP) is 15.5. The second-order valence-corrected chi connectivity index (χ2v) is 14.7. The molecule has 0 aliphatic carbocycles. The molecule has 0 aliphatic heterocycles. The third-order valence-corrected chi connectivity index (χ3v) is 11.1. The second-order valence-electron chi connectivity index (χ2n) is 14.7. The number of benzene rings is 10. The van der Waals surface area contributed by atoms with Crippen LogP contribution in [0.15, 0.2) is 206 Å². The normalized spacial score (nSPS) is 11.4. The highest BCUT2D eigenvalue weighted by Gasteiger charge is 2.22. The molecule has 0 aliphatic rings. The van der Waals surface area contributed by atoms with E-state index in [-0.39, 0.29) is 0 Å². The average Bonchev–Trinajstić information content (AvgIpc) is 3.24. The van der Waals surface area contributed by atoms with Gasteiger partial charge in [0, 0.05) is 32.9 Å². The van der Waals surface area contributed by atoms with Crippen LogP contribution in [0, 0.1) is 13.8 Å². The van der Waals surface area contributed by atoms with Gasteiger partial charge < -0.3 is 9.80 Å². The summed E-state index contributed by atoms with van der Waals surface area (Å²) in [6.45, 7) is 4.34. The largest absolute Gasteiger partial charge is 0.309 e. The lowest BCUT2D eigenvalue weighted by molar-refractivity contribution is 1.29. The molecule has 0 N–H and O–H groups in total. The van der Waals surface area contributed by atoms with E-state index >= 15 is 0 Å². The molecule has 0 atom stereocenters. The molecule has 0 aromatic heterocycles. The van der Waals surface area contributed by atoms with Gasteiger partial charge in [0.25, 0.3) is 0 Å². The molecule has 0 saturated carbocycles. The molecule has 0 saturated heterocycles. The topological polar surface area (TPSA) is 6.48 Å². The highest BCUT2D eigenvalue weighted by atomic mass is 15.2. The zero-order chi connectivity index (χ0) is 37.6. The molecular formula is C54H40N2. The molecule has 56 heavy (non-hydrogen) atoms. The third-order valence-electron chi connectivity index (χ3n) is 11.1. The van der Waals surface area contributed by atoms with Crippen LogP contribution in [0.3, 0.4) is 0 Å². The van der Waals surface area contributed by atoms with Crippen LogP contribution < -0.4 is 9.80 Å². The van der Waals surface area contributed by atoms with Gasteiger partial charge in [-0.1, -0.05) is 158 Å². The first-order valence-electron chi connectivity index (χ1n) is 19.4. The van der Waals surface area contributed by atoms with E-state index in [0.717, 1.165) is 34.1 Å². The first-order chi connectivity index (χ1) is 27.6. The molecule has 266 valence electrons. The fourth-order valence-corrected chi connectivity index (χ4v) is 8.58. The molecule has 0 unspecified atom stereocenters. The quantitative estimate of drug-likeness (QED) is 0.162. The zero-order valence-electron chi connectivity index (χ0n) is 31.5. The molecule has 0 amide bonds. The van der Waals surface area contributed by atoms with E-state index in [4.69, 9.17) is 0 Å². The number of anilines is 6. The van der Waals surface area contributed by atoms with Crippen LogP contribution in [-0.4, -0.2) is 0 Å². The van der Waals surface area contributed by atoms with E-state index in [9.17, 15) is 0 Å². The maximum Gasteiger partial charge on any atom is 0.0540 e. The summed E-state index contributed by atoms with van der Waals surface area (Å²) < 4.78 is 0. The molecule has 2 heteroatoms. The van der Waals surface area contributed by atoms with Crippen molar-refractivity contribution in [2.45, 2.75) is 13.8 Å². The Morgan fingerprint density at radius 2 is 0.607 bits per heavy atom. The summed E-state index contributed by atoms with van der Waals surface area (Å²) >= 11 is 0. The van der Waals surface area contributed by atoms with Crippen molar-refractivity contribution in [3.63, 3.8) is 0 Å². The van der Waals surface area contributed by atoms with Crippen molar-refractivity contribution in [2.24, 2.45) is 0 Å². The lowest BCUT2D eigenvalue weighted by Gasteiger charge is -2.30. The fraction of sp³-hybridized carbons (Fsp3) is 0.0370. The van der Waals surface area contributed by atoms with E-state index in [1.165, 1.54) is 65.3 Å². The summed E-state index contributed by atoms with van der Waals surface area (Å²) in [6, 6.07) is 75.3. The van der Waals surface area contributed by atoms with Gasteiger partial charge in [0.15, 0.2) is 0 Å². The molecule has 10 aromatic carbocycles. The van der Waals surface area contributed by atoms with Gasteiger partial charge in [-0.05, 0) is 106 Å². The Labute approximate surface area is 328 Å². The highest BCUT2D eigenvalue weighted by molar-refractivity contribution is 6.14. The van der Waals surface area contributed by atoms with Crippen molar-refractivity contribution < 1.29 is 0 Å². The van der Waals surface area contributed by atoms with Crippen molar-refractivity contribution in [1.82, 2.24) is 0 Å². The molecule has 0 radical (unpaired) electrons. The van der Waals surface area contributed by atoms with Gasteiger partial charge in [0.2, 0.25) is 0 Å². The third kappa shape index (κ3) is 5.75. The molecular weight excluding hydrogens is 677 g/mol. The summed E-state index contributed by atoms with van der Waals surface area (Å²) in [6.07, 6.45) is 0. The highest BCUT2D eigenvalue weighted by Crippen LogP contribution is 2.48. The Hall–Kier alpha value is -7.16. The van der Waals surface area contributed by atoms with Crippen LogP contribution in [0.2, 0.25) is 0 Å². The summed E-state index contributed by atoms with van der Waals surface area (Å²) in [7, 11) is 0. The second kappa shape index (κ2) is 13.9. The minimum absolute atomic E-state index is 1.14. The van der Waals surface area contributed by atoms with Crippen LogP contribution >= 0.6 is 0 Å². The summed E-state index contributed by atoms with van der Waals surface area (Å²) in [5, 5.41) is 9.70. The lowest BCUT2D eigenvalue weighted by Crippen LogP contribution is -2.12. The van der Waals surface area contributed by atoms with Crippen molar-refractivity contribution in [1.29, 1.82) is 0 Å². The number of aryl methyl sites for hydroxylation is 2. The Kier molecular flexibility index (Phi) is 8.30. The number of hydrogen-bond donors (Lipinski definition) is 0. The minimum atomic E-state index is 1.14. The van der Waals surface area contributed by atoms with Crippen LogP contribution in [0.5, 0.6) is 0 Å². The van der Waals surface area contributed by atoms with Crippen LogP contribution in [0.1, 0.15) is 11.1 Å². The zero-order valence-corrected chi connectivity index (χ0v) is 31.5. The van der Waals surface area contributed by atoms with Crippen molar-refractivity contribution in [3.05, 3.63) is 217 Å². The molecule has 0 bridgehead atoms. The summed E-state index contributed by atoms with van der Waals surface area (Å²) in [5.74, 6) is 0. The summed E-state index contributed by atoms with van der Waals surface area (Å²) in [5.41, 5.74) is 11.8. The fourth-order valence-electron chi connectivity index (χ4n) is 8.58. The molecule has 0 fully saturated rings. The Bertz CT molecular complexity index is 2870. The monoisotopic (exact) mass is 716 g/mol. The van der Waals surface area contributed by atoms with Crippen molar-refractivity contribution >= 4 is 77.2 Å². The van der Waals surface area contributed by atoms with Crippen molar-refractivity contribution in [2.75, 3.05) is 9.80 Å². The number of fused-ring (bicyclic) bond motifs is 4. The summed E-state index contributed by atoms with van der Waals surface area (Å²) in [4.78, 5) is 4.87. The minimum Gasteiger partial charge on any atom is -0.309 e. The van der Waals surface area contributed by atoms with E-state index in [1.54, 1.807) is 0 Å². The maximum atomic E-state index is 2.44. The van der Waals surface area contributed by atoms with E-state index in [2.05, 4.69) is 230 Å². The van der Waals surface area contributed by atoms with E-state index < -0.39 is 0 Å². The van der Waals surface area contributed by atoms with E-state index in [1.807, 2.05) is 0 Å². The van der Waals surface area contributed by atoms with Gasteiger partial charge in [-0.3, -0.25) is 0 Å². The number of nitrogens with zero attached hydrogens (tertiary/aromatic N) is 2. The van der Waals surface area contributed by atoms with Gasteiger partial charge in [-0.15, -0.1) is 0 Å². The van der Waals surface area contributed by atoms with Gasteiger partial charge in [-0.2, -0.15) is 0 Å².